The van der Waals surface area contributed by atoms with Gasteiger partial charge in [0.25, 0.3) is 0 Å². The molecule has 0 bridgehead atoms. The summed E-state index contributed by atoms with van der Waals surface area (Å²) in [5, 5.41) is 15.4. The van der Waals surface area contributed by atoms with E-state index in [4.69, 9.17) is 9.52 Å². The maximum Gasteiger partial charge on any atom is 0.168 e. The quantitative estimate of drug-likeness (QED) is 0.310. The van der Waals surface area contributed by atoms with Gasteiger partial charge in [0.2, 0.25) is 0 Å². The summed E-state index contributed by atoms with van der Waals surface area (Å²) in [6.07, 6.45) is 2.45. The minimum absolute atomic E-state index is 0.00319. The number of hydrogen-bond acceptors (Lipinski definition) is 6. The van der Waals surface area contributed by atoms with Gasteiger partial charge in [-0.3, -0.25) is 14.6 Å². The van der Waals surface area contributed by atoms with Crippen molar-refractivity contribution in [2.75, 3.05) is 0 Å². The van der Waals surface area contributed by atoms with Crippen molar-refractivity contribution in [2.24, 2.45) is 10.4 Å². The molecule has 0 saturated heterocycles. The lowest BCUT2D eigenvalue weighted by Gasteiger charge is -2.27. The van der Waals surface area contributed by atoms with Gasteiger partial charge in [-0.25, -0.2) is 0 Å². The van der Waals surface area contributed by atoms with Gasteiger partial charge in [0.1, 0.15) is 11.5 Å². The van der Waals surface area contributed by atoms with Crippen LogP contribution in [-0.2, 0) is 17.6 Å². The van der Waals surface area contributed by atoms with Crippen molar-refractivity contribution in [3.05, 3.63) is 94.1 Å². The lowest BCUT2D eigenvalue weighted by Crippen LogP contribution is -2.27. The van der Waals surface area contributed by atoms with Crippen LogP contribution >= 0.6 is 0 Å². The van der Waals surface area contributed by atoms with Gasteiger partial charge in [0.15, 0.2) is 11.6 Å². The fourth-order valence-electron chi connectivity index (χ4n) is 5.47. The number of para-hydroxylation sites is 1. The van der Waals surface area contributed by atoms with E-state index in [-0.39, 0.29) is 35.1 Å². The molecule has 190 valence electrons. The molecule has 0 spiro atoms. The number of fused-ring (bicyclic) bond motifs is 1. The third kappa shape index (κ3) is 5.19. The highest BCUT2D eigenvalue weighted by Crippen LogP contribution is 2.38. The van der Waals surface area contributed by atoms with E-state index in [2.05, 4.69) is 5.16 Å². The van der Waals surface area contributed by atoms with Crippen LogP contribution in [0, 0.1) is 12.3 Å². The topological polar surface area (TPSA) is 92.8 Å². The van der Waals surface area contributed by atoms with Crippen LogP contribution in [0.4, 0.5) is 5.69 Å². The molecule has 0 radical (unpaired) electrons. The van der Waals surface area contributed by atoms with Crippen LogP contribution < -0.4 is 0 Å². The van der Waals surface area contributed by atoms with Gasteiger partial charge in [0.05, 0.1) is 28.2 Å². The fraction of sp³-hybridized carbons (Fsp3) is 0.355. The van der Waals surface area contributed by atoms with Gasteiger partial charge >= 0.3 is 0 Å². The molecule has 6 nitrogen and oxygen atoms in total. The molecule has 1 fully saturated rings. The Morgan fingerprint density at radius 1 is 1.03 bits per heavy atom. The Bertz CT molecular complexity index is 1410. The van der Waals surface area contributed by atoms with Crippen molar-refractivity contribution in [1.29, 1.82) is 0 Å². The standard InChI is InChI=1S/C31H32N2O4/c1-19-9-7-8-12-22(19)32-24-15-21(20-10-5-4-6-11-20)16-26(35)29(24)25(34)14-13-23-30-27(36)17-31(2,3)18-28(30)37-33-23/h4-12,21,34H,13-18H2,1-3H3. The molecule has 0 amide bonds. The van der Waals surface area contributed by atoms with Crippen LogP contribution in [0.3, 0.4) is 0 Å². The first-order chi connectivity index (χ1) is 17.7. The fourth-order valence-corrected chi connectivity index (χ4v) is 5.47. The number of carbonyl (C=O) groups is 2. The molecule has 2 aliphatic carbocycles. The van der Waals surface area contributed by atoms with Crippen molar-refractivity contribution in [3.63, 3.8) is 0 Å². The first kappa shape index (κ1) is 24.9. The minimum Gasteiger partial charge on any atom is -0.511 e. The van der Waals surface area contributed by atoms with E-state index in [1.165, 1.54) is 0 Å². The number of rotatable bonds is 5. The zero-order valence-electron chi connectivity index (χ0n) is 21.6. The van der Waals surface area contributed by atoms with Crippen LogP contribution in [0.2, 0.25) is 0 Å². The maximum atomic E-state index is 13.4. The second-order valence-corrected chi connectivity index (χ2v) is 11.0. The van der Waals surface area contributed by atoms with Gasteiger partial charge in [0, 0.05) is 32.1 Å². The van der Waals surface area contributed by atoms with Gasteiger partial charge in [-0.15, -0.1) is 0 Å². The molecule has 2 aliphatic rings. The number of aryl methyl sites for hydroxylation is 2. The van der Waals surface area contributed by atoms with Crippen molar-refractivity contribution < 1.29 is 19.2 Å². The number of aliphatic hydroxyl groups is 1. The normalized spacial score (nSPS) is 21.7. The Morgan fingerprint density at radius 3 is 2.51 bits per heavy atom. The first-order valence-corrected chi connectivity index (χ1v) is 12.9. The molecule has 0 aliphatic heterocycles. The van der Waals surface area contributed by atoms with Crippen LogP contribution in [0.5, 0.6) is 0 Å². The number of nitrogens with zero attached hydrogens (tertiary/aromatic N) is 2. The van der Waals surface area contributed by atoms with Crippen LogP contribution in [0.25, 0.3) is 0 Å². The number of hydrogen-bond donors (Lipinski definition) is 1. The molecule has 1 aromatic heterocycles. The van der Waals surface area contributed by atoms with Crippen molar-refractivity contribution in [2.45, 2.75) is 65.2 Å². The zero-order chi connectivity index (χ0) is 26.2. The van der Waals surface area contributed by atoms with Crippen molar-refractivity contribution in [1.82, 2.24) is 5.16 Å². The number of allylic oxidation sites excluding steroid dienone is 2. The molecule has 3 aromatic rings. The zero-order valence-corrected chi connectivity index (χ0v) is 21.6. The maximum absolute atomic E-state index is 13.4. The summed E-state index contributed by atoms with van der Waals surface area (Å²) >= 11 is 0. The highest BCUT2D eigenvalue weighted by molar-refractivity contribution is 6.25. The Balaban J connectivity index is 1.46. The molecule has 1 saturated carbocycles. The van der Waals surface area contributed by atoms with Crippen molar-refractivity contribution >= 4 is 23.0 Å². The molecule has 6 heteroatoms. The third-order valence-corrected chi connectivity index (χ3v) is 7.36. The molecule has 5 rings (SSSR count). The van der Waals surface area contributed by atoms with E-state index in [0.29, 0.717) is 60.4 Å². The van der Waals surface area contributed by atoms with Gasteiger partial charge in [-0.2, -0.15) is 0 Å². The summed E-state index contributed by atoms with van der Waals surface area (Å²) in [6, 6.07) is 17.7. The summed E-state index contributed by atoms with van der Waals surface area (Å²) in [5.74, 6) is 0.506. The van der Waals surface area contributed by atoms with E-state index in [1.54, 1.807) is 0 Å². The second-order valence-electron chi connectivity index (χ2n) is 11.0. The van der Waals surface area contributed by atoms with E-state index in [0.717, 1.165) is 16.8 Å². The number of benzene rings is 2. The molecule has 1 unspecified atom stereocenters. The Hall–Kier alpha value is -3.80. The predicted octanol–water partition coefficient (Wildman–Crippen LogP) is 6.80. The number of carbonyl (C=O) groups excluding carboxylic acids is 2. The van der Waals surface area contributed by atoms with Crippen LogP contribution in [-0.4, -0.2) is 27.5 Å². The van der Waals surface area contributed by atoms with Crippen LogP contribution in [0.1, 0.15) is 78.4 Å². The van der Waals surface area contributed by atoms with E-state index in [9.17, 15) is 14.7 Å². The smallest absolute Gasteiger partial charge is 0.168 e. The largest absolute Gasteiger partial charge is 0.511 e. The van der Waals surface area contributed by atoms with Crippen molar-refractivity contribution in [3.8, 4) is 0 Å². The summed E-state index contributed by atoms with van der Waals surface area (Å²) in [6.45, 7) is 6.06. The summed E-state index contributed by atoms with van der Waals surface area (Å²) in [5.41, 5.74) is 4.69. The number of Topliss-reactive ketones (excluding diaryl/α,β-unsaturated/α-hetero) is 2. The molecular formula is C31H32N2O4. The van der Waals surface area contributed by atoms with E-state index >= 15 is 0 Å². The molecule has 1 N–H and O–H groups in total. The SMILES string of the molecule is Cc1ccccc1N=C1CC(c2ccccc2)CC(=O)C1=C(O)CCc1noc2c1C(=O)CC(C)(C)C2. The molecular weight excluding hydrogens is 464 g/mol. The number of aliphatic imine (C=N–C) groups is 1. The summed E-state index contributed by atoms with van der Waals surface area (Å²) in [7, 11) is 0. The summed E-state index contributed by atoms with van der Waals surface area (Å²) in [4.78, 5) is 31.1. The number of aromatic nitrogens is 1. The average molecular weight is 497 g/mol. The lowest BCUT2D eigenvalue weighted by atomic mass is 9.76. The monoisotopic (exact) mass is 496 g/mol. The minimum atomic E-state index is -0.157. The van der Waals surface area contributed by atoms with Crippen LogP contribution in [0.15, 0.2) is 75.4 Å². The van der Waals surface area contributed by atoms with Gasteiger partial charge in [-0.05, 0) is 41.9 Å². The highest BCUT2D eigenvalue weighted by atomic mass is 16.5. The third-order valence-electron chi connectivity index (χ3n) is 7.36. The van der Waals surface area contributed by atoms with E-state index < -0.39 is 0 Å². The van der Waals surface area contributed by atoms with E-state index in [1.807, 2.05) is 75.4 Å². The Morgan fingerprint density at radius 2 is 1.76 bits per heavy atom. The molecule has 2 aromatic carbocycles. The average Bonchev–Trinajstić information content (AvgIpc) is 3.26. The Labute approximate surface area is 217 Å². The molecule has 37 heavy (non-hydrogen) atoms. The Kier molecular flexibility index (Phi) is 6.67. The number of aliphatic hydroxyl groups excluding tert-OH is 1. The highest BCUT2D eigenvalue weighted by Gasteiger charge is 2.37. The predicted molar refractivity (Wildman–Crippen MR) is 143 cm³/mol. The molecule has 1 heterocycles. The summed E-state index contributed by atoms with van der Waals surface area (Å²) < 4.78 is 5.51. The lowest BCUT2D eigenvalue weighted by molar-refractivity contribution is -0.116. The number of ketones is 2. The first-order valence-electron chi connectivity index (χ1n) is 12.9. The molecule has 1 atom stereocenters. The van der Waals surface area contributed by atoms with Gasteiger partial charge < -0.3 is 9.63 Å². The van der Waals surface area contributed by atoms with Gasteiger partial charge in [-0.1, -0.05) is 67.5 Å². The second kappa shape index (κ2) is 9.92.